The molecule has 0 radical (unpaired) electrons. The quantitative estimate of drug-likeness (QED) is 0.669. The zero-order valence-corrected chi connectivity index (χ0v) is 17.3. The molecule has 7 nitrogen and oxygen atoms in total. The van der Waals surface area contributed by atoms with Crippen LogP contribution in [0.5, 0.6) is 0 Å². The minimum atomic E-state index is -0.0190. The van der Waals surface area contributed by atoms with Gasteiger partial charge in [0, 0.05) is 32.7 Å². The number of rotatable bonds is 7. The first-order valence-corrected chi connectivity index (χ1v) is 10.6. The van der Waals surface area contributed by atoms with Crippen molar-refractivity contribution in [3.8, 4) is 0 Å². The molecule has 1 amide bonds. The van der Waals surface area contributed by atoms with Crippen molar-refractivity contribution in [2.75, 3.05) is 26.2 Å². The molecule has 3 heterocycles. The molecule has 1 fully saturated rings. The van der Waals surface area contributed by atoms with Crippen LogP contribution in [0.15, 0.2) is 36.7 Å². The summed E-state index contributed by atoms with van der Waals surface area (Å²) in [5, 5.41) is 7.50. The lowest BCUT2D eigenvalue weighted by molar-refractivity contribution is 0.0921. The number of benzene rings is 1. The normalized spacial score (nSPS) is 17.7. The maximum atomic E-state index is 12.6. The molecule has 0 spiro atoms. The Morgan fingerprint density at radius 1 is 1.28 bits per heavy atom. The first kappa shape index (κ1) is 19.6. The van der Waals surface area contributed by atoms with Crippen molar-refractivity contribution < 1.29 is 4.79 Å². The van der Waals surface area contributed by atoms with Crippen molar-refractivity contribution in [2.24, 2.45) is 5.92 Å². The van der Waals surface area contributed by atoms with E-state index in [1.165, 1.54) is 11.9 Å². The molecule has 1 aliphatic heterocycles. The SMILES string of the molecule is CCn1nc(C)cc1C(=O)NCC1CCCN(CCn2cnc3ccccc32)C1. The number of carbonyl (C=O) groups is 1. The Balaban J connectivity index is 1.28. The molecule has 2 aromatic heterocycles. The molecule has 1 N–H and O–H groups in total. The highest BCUT2D eigenvalue weighted by atomic mass is 16.2. The molecule has 0 bridgehead atoms. The minimum absolute atomic E-state index is 0.0190. The molecule has 1 aliphatic rings. The number of aryl methyl sites for hydroxylation is 2. The van der Waals surface area contributed by atoms with E-state index in [4.69, 9.17) is 0 Å². The van der Waals surface area contributed by atoms with Crippen LogP contribution in [0.25, 0.3) is 11.0 Å². The van der Waals surface area contributed by atoms with Gasteiger partial charge in [-0.1, -0.05) is 12.1 Å². The van der Waals surface area contributed by atoms with E-state index in [-0.39, 0.29) is 5.91 Å². The van der Waals surface area contributed by atoms with Gasteiger partial charge >= 0.3 is 0 Å². The number of likely N-dealkylation sites (tertiary alicyclic amines) is 1. The fraction of sp³-hybridized carbons (Fsp3) is 0.500. The zero-order valence-electron chi connectivity index (χ0n) is 17.3. The second-order valence-corrected chi connectivity index (χ2v) is 7.93. The van der Waals surface area contributed by atoms with Crippen molar-refractivity contribution in [3.05, 3.63) is 48.0 Å². The Morgan fingerprint density at radius 3 is 3.00 bits per heavy atom. The highest BCUT2D eigenvalue weighted by Crippen LogP contribution is 2.17. The van der Waals surface area contributed by atoms with Crippen LogP contribution in [0, 0.1) is 12.8 Å². The summed E-state index contributed by atoms with van der Waals surface area (Å²) in [5.74, 6) is 0.473. The van der Waals surface area contributed by atoms with Crippen LogP contribution in [0.2, 0.25) is 0 Å². The van der Waals surface area contributed by atoms with Gasteiger partial charge in [-0.25, -0.2) is 4.98 Å². The summed E-state index contributed by atoms with van der Waals surface area (Å²) in [4.78, 5) is 19.6. The maximum absolute atomic E-state index is 12.6. The monoisotopic (exact) mass is 394 g/mol. The number of aromatic nitrogens is 4. The van der Waals surface area contributed by atoms with Gasteiger partial charge in [-0.05, 0) is 57.4 Å². The predicted octanol–water partition coefficient (Wildman–Crippen LogP) is 2.70. The van der Waals surface area contributed by atoms with Gasteiger partial charge in [-0.2, -0.15) is 5.10 Å². The molecular weight excluding hydrogens is 364 g/mol. The van der Waals surface area contributed by atoms with Crippen LogP contribution in [-0.2, 0) is 13.1 Å². The van der Waals surface area contributed by atoms with Gasteiger partial charge in [0.2, 0.25) is 0 Å². The summed E-state index contributed by atoms with van der Waals surface area (Å²) >= 11 is 0. The molecule has 0 aliphatic carbocycles. The van der Waals surface area contributed by atoms with Crippen molar-refractivity contribution in [3.63, 3.8) is 0 Å². The second kappa shape index (κ2) is 8.78. The van der Waals surface area contributed by atoms with E-state index in [1.807, 2.05) is 32.3 Å². The standard InChI is InChI=1S/C22H30N6O/c1-3-28-21(13-17(2)25-28)22(29)23-14-18-7-6-10-26(15-18)11-12-27-16-24-19-8-4-5-9-20(19)27/h4-5,8-9,13,16,18H,3,6-7,10-12,14-15H2,1-2H3,(H,23,29). The summed E-state index contributed by atoms with van der Waals surface area (Å²) in [6.45, 7) is 9.45. The van der Waals surface area contributed by atoms with Crippen molar-refractivity contribution in [1.82, 2.24) is 29.5 Å². The van der Waals surface area contributed by atoms with Gasteiger partial charge in [-0.3, -0.25) is 9.48 Å². The first-order chi connectivity index (χ1) is 14.1. The van der Waals surface area contributed by atoms with Gasteiger partial charge in [0.1, 0.15) is 5.69 Å². The van der Waals surface area contributed by atoms with Crippen LogP contribution >= 0.6 is 0 Å². The number of amides is 1. The lowest BCUT2D eigenvalue weighted by atomic mass is 9.98. The lowest BCUT2D eigenvalue weighted by Gasteiger charge is -2.32. The Hall–Kier alpha value is -2.67. The fourth-order valence-electron chi connectivity index (χ4n) is 4.26. The molecule has 7 heteroatoms. The van der Waals surface area contributed by atoms with E-state index in [9.17, 15) is 4.79 Å². The number of piperidine rings is 1. The van der Waals surface area contributed by atoms with Crippen LogP contribution in [-0.4, -0.2) is 56.3 Å². The average molecular weight is 395 g/mol. The predicted molar refractivity (Wildman–Crippen MR) is 114 cm³/mol. The topological polar surface area (TPSA) is 68.0 Å². The van der Waals surface area contributed by atoms with Crippen LogP contribution in [0.4, 0.5) is 0 Å². The third kappa shape index (κ3) is 4.50. The average Bonchev–Trinajstić information content (AvgIpc) is 3.34. The summed E-state index contributed by atoms with van der Waals surface area (Å²) in [5.41, 5.74) is 3.78. The number of hydrogen-bond acceptors (Lipinski definition) is 4. The highest BCUT2D eigenvalue weighted by Gasteiger charge is 2.21. The van der Waals surface area contributed by atoms with E-state index in [0.717, 1.165) is 50.4 Å². The molecule has 29 heavy (non-hydrogen) atoms. The molecule has 1 unspecified atom stereocenters. The number of carbonyl (C=O) groups excluding carboxylic acids is 1. The third-order valence-electron chi connectivity index (χ3n) is 5.77. The van der Waals surface area contributed by atoms with E-state index in [1.54, 1.807) is 4.68 Å². The van der Waals surface area contributed by atoms with Gasteiger partial charge < -0.3 is 14.8 Å². The van der Waals surface area contributed by atoms with Gasteiger partial charge in [0.15, 0.2) is 0 Å². The Bertz CT molecular complexity index is 975. The summed E-state index contributed by atoms with van der Waals surface area (Å²) in [6.07, 6.45) is 4.28. The minimum Gasteiger partial charge on any atom is -0.350 e. The zero-order chi connectivity index (χ0) is 20.2. The van der Waals surface area contributed by atoms with Gasteiger partial charge in [-0.15, -0.1) is 0 Å². The van der Waals surface area contributed by atoms with Crippen LogP contribution < -0.4 is 5.32 Å². The Kier molecular flexibility index (Phi) is 5.94. The molecule has 3 aromatic rings. The number of hydrogen-bond donors (Lipinski definition) is 1. The Labute approximate surface area is 171 Å². The highest BCUT2D eigenvalue weighted by molar-refractivity contribution is 5.92. The number of fused-ring (bicyclic) bond motifs is 1. The lowest BCUT2D eigenvalue weighted by Crippen LogP contribution is -2.42. The molecule has 1 atom stereocenters. The third-order valence-corrected chi connectivity index (χ3v) is 5.77. The summed E-state index contributed by atoms with van der Waals surface area (Å²) < 4.78 is 4.00. The molecule has 1 saturated heterocycles. The smallest absolute Gasteiger partial charge is 0.269 e. The van der Waals surface area contributed by atoms with Gasteiger partial charge in [0.25, 0.3) is 5.91 Å². The van der Waals surface area contributed by atoms with Crippen LogP contribution in [0.3, 0.4) is 0 Å². The first-order valence-electron chi connectivity index (χ1n) is 10.6. The summed E-state index contributed by atoms with van der Waals surface area (Å²) in [7, 11) is 0. The molecule has 0 saturated carbocycles. The second-order valence-electron chi connectivity index (χ2n) is 7.93. The number of para-hydroxylation sites is 2. The molecule has 4 rings (SSSR count). The molecule has 1 aromatic carbocycles. The van der Waals surface area contributed by atoms with E-state index >= 15 is 0 Å². The van der Waals surface area contributed by atoms with Crippen LogP contribution in [0.1, 0.15) is 35.9 Å². The van der Waals surface area contributed by atoms with Crippen molar-refractivity contribution >= 4 is 16.9 Å². The van der Waals surface area contributed by atoms with Crippen molar-refractivity contribution in [1.29, 1.82) is 0 Å². The van der Waals surface area contributed by atoms with E-state index in [0.29, 0.717) is 18.2 Å². The van der Waals surface area contributed by atoms with E-state index in [2.05, 4.69) is 43.1 Å². The summed E-state index contributed by atoms with van der Waals surface area (Å²) in [6, 6.07) is 10.1. The Morgan fingerprint density at radius 2 is 2.14 bits per heavy atom. The molecular formula is C22H30N6O. The maximum Gasteiger partial charge on any atom is 0.269 e. The number of nitrogens with zero attached hydrogens (tertiary/aromatic N) is 5. The van der Waals surface area contributed by atoms with Crippen molar-refractivity contribution in [2.45, 2.75) is 39.8 Å². The largest absolute Gasteiger partial charge is 0.350 e. The fourth-order valence-corrected chi connectivity index (χ4v) is 4.26. The molecule has 154 valence electrons. The number of nitrogens with one attached hydrogen (secondary N) is 1. The number of imidazole rings is 1. The van der Waals surface area contributed by atoms with E-state index < -0.39 is 0 Å². The van der Waals surface area contributed by atoms with Gasteiger partial charge in [0.05, 0.1) is 23.1 Å².